The summed E-state index contributed by atoms with van der Waals surface area (Å²) in [6.07, 6.45) is 2.39. The average molecular weight is 185 g/mol. The number of rotatable bonds is 3. The van der Waals surface area contributed by atoms with E-state index in [9.17, 15) is 9.59 Å². The van der Waals surface area contributed by atoms with Gasteiger partial charge >= 0.3 is 11.9 Å². The van der Waals surface area contributed by atoms with Gasteiger partial charge in [0.1, 0.15) is 0 Å². The van der Waals surface area contributed by atoms with Crippen molar-refractivity contribution in [1.29, 1.82) is 5.41 Å². The van der Waals surface area contributed by atoms with Crippen molar-refractivity contribution in [3.63, 3.8) is 0 Å². The van der Waals surface area contributed by atoms with Gasteiger partial charge in [0.25, 0.3) is 0 Å². The average Bonchev–Trinajstić information content (AvgIpc) is 2.02. The van der Waals surface area contributed by atoms with Crippen LogP contribution in [0.15, 0.2) is 12.2 Å². The topological polar surface area (TPSA) is 76.5 Å². The minimum absolute atomic E-state index is 0.0503. The highest BCUT2D eigenvalue weighted by molar-refractivity contribution is 5.87. The van der Waals surface area contributed by atoms with Gasteiger partial charge in [0.15, 0.2) is 5.90 Å². The Kier molecular flexibility index (Phi) is 5.18. The molecule has 5 heteroatoms. The highest BCUT2D eigenvalue weighted by Crippen LogP contribution is 1.90. The van der Waals surface area contributed by atoms with Crippen LogP contribution in [-0.4, -0.2) is 24.9 Å². The highest BCUT2D eigenvalue weighted by atomic mass is 16.5. The minimum Gasteiger partial charge on any atom is -0.466 e. The van der Waals surface area contributed by atoms with Crippen molar-refractivity contribution in [2.45, 2.75) is 13.3 Å². The summed E-state index contributed by atoms with van der Waals surface area (Å²) >= 11 is 0. The largest absolute Gasteiger partial charge is 0.466 e. The zero-order valence-corrected chi connectivity index (χ0v) is 7.49. The summed E-state index contributed by atoms with van der Waals surface area (Å²) in [5, 5.41) is 6.82. The van der Waals surface area contributed by atoms with Crippen molar-refractivity contribution in [2.24, 2.45) is 0 Å². The SMILES string of the molecule is COC(=O)/C=C/CC(=O)OC(C)=N. The van der Waals surface area contributed by atoms with Gasteiger partial charge in [-0.25, -0.2) is 4.79 Å². The van der Waals surface area contributed by atoms with E-state index in [1.165, 1.54) is 20.1 Å². The van der Waals surface area contributed by atoms with E-state index >= 15 is 0 Å². The summed E-state index contributed by atoms with van der Waals surface area (Å²) < 4.78 is 8.70. The lowest BCUT2D eigenvalue weighted by Gasteiger charge is -1.96. The number of ether oxygens (including phenoxy) is 2. The second-order valence-corrected chi connectivity index (χ2v) is 2.16. The van der Waals surface area contributed by atoms with Crippen LogP contribution in [-0.2, 0) is 19.1 Å². The predicted octanol–water partition coefficient (Wildman–Crippen LogP) is 0.646. The maximum atomic E-state index is 10.8. The smallest absolute Gasteiger partial charge is 0.330 e. The van der Waals surface area contributed by atoms with Crippen molar-refractivity contribution in [3.8, 4) is 0 Å². The first-order valence-corrected chi connectivity index (χ1v) is 3.56. The van der Waals surface area contributed by atoms with Crippen molar-refractivity contribution in [1.82, 2.24) is 0 Å². The Balaban J connectivity index is 3.76. The lowest BCUT2D eigenvalue weighted by Crippen LogP contribution is -2.07. The maximum absolute atomic E-state index is 10.8. The van der Waals surface area contributed by atoms with E-state index in [1.54, 1.807) is 0 Å². The van der Waals surface area contributed by atoms with Crippen LogP contribution < -0.4 is 0 Å². The summed E-state index contributed by atoms with van der Waals surface area (Å²) in [7, 11) is 1.24. The molecule has 0 radical (unpaired) electrons. The van der Waals surface area contributed by atoms with E-state index in [0.717, 1.165) is 6.08 Å². The Bertz CT molecular complexity index is 245. The van der Waals surface area contributed by atoms with Crippen LogP contribution in [0.5, 0.6) is 0 Å². The molecule has 0 amide bonds. The second kappa shape index (κ2) is 5.93. The van der Waals surface area contributed by atoms with E-state index in [2.05, 4.69) is 9.47 Å². The van der Waals surface area contributed by atoms with Gasteiger partial charge in [-0.05, 0) is 0 Å². The predicted molar refractivity (Wildman–Crippen MR) is 45.3 cm³/mol. The third kappa shape index (κ3) is 6.74. The normalized spacial score (nSPS) is 9.69. The van der Waals surface area contributed by atoms with E-state index in [0.29, 0.717) is 0 Å². The summed E-state index contributed by atoms with van der Waals surface area (Å²) in [5.41, 5.74) is 0. The third-order valence-electron chi connectivity index (χ3n) is 1.01. The fourth-order valence-corrected chi connectivity index (χ4v) is 0.532. The quantitative estimate of drug-likeness (QED) is 0.303. The van der Waals surface area contributed by atoms with Crippen LogP contribution >= 0.6 is 0 Å². The molecule has 0 aromatic rings. The highest BCUT2D eigenvalue weighted by Gasteiger charge is 2.00. The fourth-order valence-electron chi connectivity index (χ4n) is 0.532. The molecule has 72 valence electrons. The van der Waals surface area contributed by atoms with E-state index in [-0.39, 0.29) is 12.3 Å². The molecule has 0 saturated carbocycles. The Morgan fingerprint density at radius 3 is 2.54 bits per heavy atom. The third-order valence-corrected chi connectivity index (χ3v) is 1.01. The molecule has 0 aromatic heterocycles. The molecule has 0 aliphatic rings. The zero-order chi connectivity index (χ0) is 10.3. The van der Waals surface area contributed by atoms with Crippen LogP contribution in [0.3, 0.4) is 0 Å². The Morgan fingerprint density at radius 2 is 2.08 bits per heavy atom. The van der Waals surface area contributed by atoms with Gasteiger partial charge in [0.2, 0.25) is 0 Å². The molecule has 0 heterocycles. The first-order valence-electron chi connectivity index (χ1n) is 3.56. The molecule has 0 aliphatic carbocycles. The number of hydrogen-bond donors (Lipinski definition) is 1. The van der Waals surface area contributed by atoms with Crippen molar-refractivity contribution in [2.75, 3.05) is 7.11 Å². The standard InChI is InChI=1S/C8H11NO4/c1-6(9)13-8(11)5-3-4-7(10)12-2/h3-4,9H,5H2,1-2H3/b4-3+,9-6?. The van der Waals surface area contributed by atoms with Gasteiger partial charge in [-0.1, -0.05) is 6.08 Å². The van der Waals surface area contributed by atoms with Gasteiger partial charge in [-0.15, -0.1) is 0 Å². The van der Waals surface area contributed by atoms with Crippen molar-refractivity contribution in [3.05, 3.63) is 12.2 Å². The van der Waals surface area contributed by atoms with Crippen LogP contribution in [0.4, 0.5) is 0 Å². The zero-order valence-electron chi connectivity index (χ0n) is 7.49. The van der Waals surface area contributed by atoms with Gasteiger partial charge in [-0.2, -0.15) is 0 Å². The molecule has 0 bridgehead atoms. The number of nitrogens with one attached hydrogen (secondary N) is 1. The molecule has 0 aromatic carbocycles. The molecule has 0 unspecified atom stereocenters. The maximum Gasteiger partial charge on any atom is 0.330 e. The second-order valence-electron chi connectivity index (χ2n) is 2.16. The molecule has 0 aliphatic heterocycles. The van der Waals surface area contributed by atoms with Gasteiger partial charge in [-0.3, -0.25) is 10.2 Å². The van der Waals surface area contributed by atoms with Crippen molar-refractivity contribution >= 4 is 17.8 Å². The summed E-state index contributed by atoms with van der Waals surface area (Å²) in [6, 6.07) is 0. The lowest BCUT2D eigenvalue weighted by atomic mass is 10.4. The van der Waals surface area contributed by atoms with Crippen LogP contribution in [0.1, 0.15) is 13.3 Å². The van der Waals surface area contributed by atoms with E-state index < -0.39 is 11.9 Å². The van der Waals surface area contributed by atoms with Crippen LogP contribution in [0.2, 0.25) is 0 Å². The van der Waals surface area contributed by atoms with Crippen molar-refractivity contribution < 1.29 is 19.1 Å². The molecule has 5 nitrogen and oxygen atoms in total. The molecule has 0 rings (SSSR count). The first-order chi connectivity index (χ1) is 6.06. The molecule has 0 saturated heterocycles. The van der Waals surface area contributed by atoms with E-state index in [1.807, 2.05) is 0 Å². The number of methoxy groups -OCH3 is 1. The Morgan fingerprint density at radius 1 is 1.46 bits per heavy atom. The molecular weight excluding hydrogens is 174 g/mol. The summed E-state index contributed by atoms with van der Waals surface area (Å²) in [5.74, 6) is -1.27. The minimum atomic E-state index is -0.576. The molecule has 0 atom stereocenters. The Hall–Kier alpha value is -1.65. The molecule has 0 fully saturated rings. The van der Waals surface area contributed by atoms with Crippen LogP contribution in [0.25, 0.3) is 0 Å². The number of carbonyl (C=O) groups excluding carboxylic acids is 2. The Labute approximate surface area is 75.8 Å². The monoisotopic (exact) mass is 185 g/mol. The molecular formula is C8H11NO4. The van der Waals surface area contributed by atoms with Gasteiger partial charge in [0.05, 0.1) is 13.5 Å². The lowest BCUT2D eigenvalue weighted by molar-refractivity contribution is -0.134. The molecule has 0 spiro atoms. The molecule has 1 N–H and O–H groups in total. The number of esters is 2. The summed E-state index contributed by atoms with van der Waals surface area (Å²) in [4.78, 5) is 21.3. The van der Waals surface area contributed by atoms with Gasteiger partial charge in [0, 0.05) is 13.0 Å². The molecule has 13 heavy (non-hydrogen) atoms. The summed E-state index contributed by atoms with van der Waals surface area (Å²) in [6.45, 7) is 1.35. The van der Waals surface area contributed by atoms with Crippen LogP contribution in [0, 0.1) is 5.41 Å². The first kappa shape index (κ1) is 11.4. The van der Waals surface area contributed by atoms with E-state index in [4.69, 9.17) is 5.41 Å². The number of carbonyl (C=O) groups is 2. The number of hydrogen-bond acceptors (Lipinski definition) is 5. The fraction of sp³-hybridized carbons (Fsp3) is 0.375. The van der Waals surface area contributed by atoms with Gasteiger partial charge < -0.3 is 9.47 Å².